The highest BCUT2D eigenvalue weighted by molar-refractivity contribution is 9.10. The van der Waals surface area contributed by atoms with Gasteiger partial charge in [-0.05, 0) is 37.0 Å². The Bertz CT molecular complexity index is 838. The monoisotopic (exact) mass is 385 g/mol. The first-order valence-electron chi connectivity index (χ1n) is 8.48. The molecule has 1 aliphatic rings. The second kappa shape index (κ2) is 6.89. The van der Waals surface area contributed by atoms with E-state index in [0.717, 1.165) is 40.2 Å². The van der Waals surface area contributed by atoms with Gasteiger partial charge in [0.15, 0.2) is 11.5 Å². The summed E-state index contributed by atoms with van der Waals surface area (Å²) in [5, 5.41) is 3.42. The molecule has 6 heteroatoms. The number of imidazole rings is 1. The van der Waals surface area contributed by atoms with Crippen molar-refractivity contribution in [1.29, 1.82) is 0 Å². The van der Waals surface area contributed by atoms with Gasteiger partial charge in [0.25, 0.3) is 0 Å². The maximum atomic E-state index is 4.68. The number of nitrogens with one attached hydrogen (secondary N) is 2. The van der Waals surface area contributed by atoms with E-state index < -0.39 is 0 Å². The van der Waals surface area contributed by atoms with Crippen LogP contribution < -0.4 is 5.32 Å². The summed E-state index contributed by atoms with van der Waals surface area (Å²) in [6, 6.07) is 8.38. The van der Waals surface area contributed by atoms with Crippen molar-refractivity contribution in [2.75, 3.05) is 11.9 Å². The maximum absolute atomic E-state index is 4.68. The summed E-state index contributed by atoms with van der Waals surface area (Å²) in [6.07, 6.45) is 7.56. The van der Waals surface area contributed by atoms with E-state index in [0.29, 0.717) is 5.92 Å². The van der Waals surface area contributed by atoms with Crippen LogP contribution in [0.2, 0.25) is 0 Å². The van der Waals surface area contributed by atoms with Gasteiger partial charge in [0.2, 0.25) is 0 Å². The van der Waals surface area contributed by atoms with E-state index in [4.69, 9.17) is 0 Å². The summed E-state index contributed by atoms with van der Waals surface area (Å²) >= 11 is 3.51. The predicted octanol–water partition coefficient (Wildman–Crippen LogP) is 4.43. The van der Waals surface area contributed by atoms with Crippen LogP contribution in [0.25, 0.3) is 11.2 Å². The molecule has 1 aliphatic carbocycles. The molecule has 1 saturated carbocycles. The Morgan fingerprint density at radius 2 is 2.08 bits per heavy atom. The van der Waals surface area contributed by atoms with Crippen LogP contribution in [-0.2, 0) is 6.42 Å². The average Bonchev–Trinajstić information content (AvgIpc) is 3.24. The van der Waals surface area contributed by atoms with Crippen molar-refractivity contribution in [3.63, 3.8) is 0 Å². The van der Waals surface area contributed by atoms with Crippen LogP contribution in [0.15, 0.2) is 35.1 Å². The summed E-state index contributed by atoms with van der Waals surface area (Å²) in [5.74, 6) is 2.46. The lowest BCUT2D eigenvalue weighted by atomic mass is 10.1. The summed E-state index contributed by atoms with van der Waals surface area (Å²) in [4.78, 5) is 16.8. The molecule has 0 bridgehead atoms. The third kappa shape index (κ3) is 3.29. The van der Waals surface area contributed by atoms with Crippen LogP contribution in [0.1, 0.15) is 43.0 Å². The minimum Gasteiger partial charge on any atom is -0.368 e. The number of halogens is 1. The highest BCUT2D eigenvalue weighted by atomic mass is 79.9. The summed E-state index contributed by atoms with van der Waals surface area (Å²) in [5.41, 5.74) is 2.98. The Morgan fingerprint density at radius 1 is 1.21 bits per heavy atom. The molecule has 0 unspecified atom stereocenters. The van der Waals surface area contributed by atoms with Crippen LogP contribution >= 0.6 is 15.9 Å². The van der Waals surface area contributed by atoms with Crippen molar-refractivity contribution in [2.45, 2.75) is 38.0 Å². The molecule has 0 saturated heterocycles. The average molecular weight is 386 g/mol. The van der Waals surface area contributed by atoms with Crippen molar-refractivity contribution >= 4 is 32.9 Å². The lowest BCUT2D eigenvalue weighted by Crippen LogP contribution is -2.07. The van der Waals surface area contributed by atoms with Crippen molar-refractivity contribution in [3.05, 3.63) is 46.5 Å². The Balaban J connectivity index is 1.49. The van der Waals surface area contributed by atoms with Crippen LogP contribution in [0, 0.1) is 0 Å². The predicted molar refractivity (Wildman–Crippen MR) is 99.2 cm³/mol. The van der Waals surface area contributed by atoms with Crippen molar-refractivity contribution in [1.82, 2.24) is 19.9 Å². The molecule has 1 fully saturated rings. The molecule has 0 atom stereocenters. The normalized spacial score (nSPS) is 15.2. The number of aromatic nitrogens is 4. The number of anilines is 1. The topological polar surface area (TPSA) is 66.5 Å². The molecule has 124 valence electrons. The van der Waals surface area contributed by atoms with Gasteiger partial charge in [-0.15, -0.1) is 0 Å². The van der Waals surface area contributed by atoms with E-state index in [1.54, 1.807) is 6.33 Å². The zero-order chi connectivity index (χ0) is 16.4. The number of H-pyrrole nitrogens is 1. The highest BCUT2D eigenvalue weighted by Gasteiger charge is 2.21. The molecular weight excluding hydrogens is 366 g/mol. The molecule has 2 heterocycles. The van der Waals surface area contributed by atoms with Crippen LogP contribution in [0.3, 0.4) is 0 Å². The van der Waals surface area contributed by atoms with Gasteiger partial charge in [-0.1, -0.05) is 40.9 Å². The van der Waals surface area contributed by atoms with Crippen molar-refractivity contribution in [2.24, 2.45) is 0 Å². The first-order valence-corrected chi connectivity index (χ1v) is 9.28. The smallest absolute Gasteiger partial charge is 0.183 e. The van der Waals surface area contributed by atoms with E-state index in [9.17, 15) is 0 Å². The molecule has 3 aromatic rings. The highest BCUT2D eigenvalue weighted by Crippen LogP contribution is 2.33. The minimum atomic E-state index is 0.550. The van der Waals surface area contributed by atoms with E-state index in [1.807, 2.05) is 6.07 Å². The fraction of sp³-hybridized carbons (Fsp3) is 0.389. The van der Waals surface area contributed by atoms with Gasteiger partial charge in [0, 0.05) is 16.9 Å². The number of aromatic amines is 1. The fourth-order valence-electron chi connectivity index (χ4n) is 3.39. The van der Waals surface area contributed by atoms with Crippen LogP contribution in [0.5, 0.6) is 0 Å². The fourth-order valence-corrected chi connectivity index (χ4v) is 3.84. The van der Waals surface area contributed by atoms with Gasteiger partial charge in [-0.3, -0.25) is 0 Å². The van der Waals surface area contributed by atoms with E-state index in [-0.39, 0.29) is 0 Å². The van der Waals surface area contributed by atoms with Crippen LogP contribution in [0.4, 0.5) is 5.82 Å². The Kier molecular flexibility index (Phi) is 4.47. The Hall–Kier alpha value is -1.95. The third-order valence-corrected chi connectivity index (χ3v) is 5.14. The molecule has 5 nitrogen and oxygen atoms in total. The molecule has 0 amide bonds. The Labute approximate surface area is 149 Å². The van der Waals surface area contributed by atoms with E-state index in [1.165, 1.54) is 31.2 Å². The largest absolute Gasteiger partial charge is 0.368 e. The van der Waals surface area contributed by atoms with Gasteiger partial charge < -0.3 is 10.3 Å². The molecule has 2 N–H and O–H groups in total. The summed E-state index contributed by atoms with van der Waals surface area (Å²) in [6.45, 7) is 0.820. The molecule has 4 rings (SSSR count). The lowest BCUT2D eigenvalue weighted by molar-refractivity contribution is 0.681. The number of rotatable bonds is 5. The third-order valence-electron chi connectivity index (χ3n) is 4.64. The first-order chi connectivity index (χ1) is 11.8. The van der Waals surface area contributed by atoms with Crippen LogP contribution in [-0.4, -0.2) is 26.5 Å². The SMILES string of the molecule is Brc1cccc(CCNc2ncnc3nc(C4CCCC4)[nH]c23)c1. The number of hydrogen-bond acceptors (Lipinski definition) is 4. The van der Waals surface area contributed by atoms with Crippen molar-refractivity contribution in [3.8, 4) is 0 Å². The van der Waals surface area contributed by atoms with Gasteiger partial charge in [0.05, 0.1) is 0 Å². The van der Waals surface area contributed by atoms with Gasteiger partial charge in [0.1, 0.15) is 17.7 Å². The zero-order valence-electron chi connectivity index (χ0n) is 13.4. The molecule has 1 aromatic carbocycles. The van der Waals surface area contributed by atoms with Gasteiger partial charge in [-0.25, -0.2) is 15.0 Å². The number of benzene rings is 1. The molecule has 0 aliphatic heterocycles. The first kappa shape index (κ1) is 15.6. The standard InChI is InChI=1S/C18H20BrN5/c19-14-7-3-4-12(10-14)8-9-20-17-15-18(22-11-21-17)24-16(23-15)13-5-1-2-6-13/h3-4,7,10-11,13H,1-2,5-6,8-9H2,(H2,20,21,22,23,24). The minimum absolute atomic E-state index is 0.550. The molecule has 24 heavy (non-hydrogen) atoms. The van der Waals surface area contributed by atoms with Gasteiger partial charge >= 0.3 is 0 Å². The quantitative estimate of drug-likeness (QED) is 0.681. The summed E-state index contributed by atoms with van der Waals surface area (Å²) in [7, 11) is 0. The molecule has 0 spiro atoms. The zero-order valence-corrected chi connectivity index (χ0v) is 15.0. The number of fused-ring (bicyclic) bond motifs is 1. The molecule has 2 aromatic heterocycles. The van der Waals surface area contributed by atoms with Crippen molar-refractivity contribution < 1.29 is 0 Å². The summed E-state index contributed by atoms with van der Waals surface area (Å²) < 4.78 is 1.11. The number of nitrogens with zero attached hydrogens (tertiary/aromatic N) is 3. The molecule has 0 radical (unpaired) electrons. The van der Waals surface area contributed by atoms with Gasteiger partial charge in [-0.2, -0.15) is 0 Å². The van der Waals surface area contributed by atoms with E-state index >= 15 is 0 Å². The maximum Gasteiger partial charge on any atom is 0.183 e. The van der Waals surface area contributed by atoms with E-state index in [2.05, 4.69) is 59.4 Å². The lowest BCUT2D eigenvalue weighted by Gasteiger charge is -2.06. The number of hydrogen-bond donors (Lipinski definition) is 2. The Morgan fingerprint density at radius 3 is 2.92 bits per heavy atom. The molecular formula is C18H20BrN5. The second-order valence-electron chi connectivity index (χ2n) is 6.33. The second-order valence-corrected chi connectivity index (χ2v) is 7.25.